The van der Waals surface area contributed by atoms with Gasteiger partial charge in [0.25, 0.3) is 0 Å². The van der Waals surface area contributed by atoms with E-state index < -0.39 is 10.0 Å². The lowest BCUT2D eigenvalue weighted by atomic mass is 10.1. The van der Waals surface area contributed by atoms with Gasteiger partial charge < -0.3 is 5.32 Å². The van der Waals surface area contributed by atoms with Crippen molar-refractivity contribution in [1.29, 1.82) is 0 Å². The number of hydrogen-bond acceptors (Lipinski definition) is 4. The molecule has 7 heteroatoms. The molecule has 0 fully saturated rings. The van der Waals surface area contributed by atoms with Gasteiger partial charge in [-0.15, -0.1) is 0 Å². The van der Waals surface area contributed by atoms with Crippen LogP contribution in [0.15, 0.2) is 48.8 Å². The highest BCUT2D eigenvalue weighted by Gasteiger charge is 2.18. The molecular formula is C18H23N3O3S. The molecule has 0 aliphatic carbocycles. The lowest BCUT2D eigenvalue weighted by Crippen LogP contribution is -2.34. The van der Waals surface area contributed by atoms with Crippen molar-refractivity contribution in [2.24, 2.45) is 0 Å². The van der Waals surface area contributed by atoms with Gasteiger partial charge in [-0.25, -0.2) is 8.42 Å². The summed E-state index contributed by atoms with van der Waals surface area (Å²) >= 11 is 0. The molecule has 0 unspecified atom stereocenters. The van der Waals surface area contributed by atoms with Gasteiger partial charge in [0.2, 0.25) is 15.9 Å². The van der Waals surface area contributed by atoms with Crippen LogP contribution >= 0.6 is 0 Å². The van der Waals surface area contributed by atoms with Crippen LogP contribution in [0.25, 0.3) is 0 Å². The number of nitrogens with zero attached hydrogens (tertiary/aromatic N) is 2. The highest BCUT2D eigenvalue weighted by atomic mass is 32.2. The van der Waals surface area contributed by atoms with E-state index in [9.17, 15) is 13.2 Å². The number of pyridine rings is 1. The molecule has 0 aliphatic rings. The van der Waals surface area contributed by atoms with E-state index >= 15 is 0 Å². The van der Waals surface area contributed by atoms with Gasteiger partial charge in [0.1, 0.15) is 0 Å². The first-order valence-electron chi connectivity index (χ1n) is 8.01. The lowest BCUT2D eigenvalue weighted by molar-refractivity contribution is -0.121. The number of aromatic nitrogens is 1. The monoisotopic (exact) mass is 361 g/mol. The molecule has 134 valence electrons. The fourth-order valence-electron chi connectivity index (χ4n) is 2.39. The SMILES string of the molecule is Cc1cccc(CN(CCC(=O)NCc2ccncc2)S(C)(=O)=O)c1. The minimum absolute atomic E-state index is 0.115. The van der Waals surface area contributed by atoms with Crippen LogP contribution in [0.2, 0.25) is 0 Å². The molecule has 0 saturated heterocycles. The highest BCUT2D eigenvalue weighted by molar-refractivity contribution is 7.88. The first-order valence-corrected chi connectivity index (χ1v) is 9.86. The van der Waals surface area contributed by atoms with Gasteiger partial charge in [-0.3, -0.25) is 9.78 Å². The zero-order chi connectivity index (χ0) is 18.3. The van der Waals surface area contributed by atoms with E-state index in [1.54, 1.807) is 12.4 Å². The Balaban J connectivity index is 1.90. The van der Waals surface area contributed by atoms with E-state index in [1.165, 1.54) is 4.31 Å². The van der Waals surface area contributed by atoms with Gasteiger partial charge in [0.05, 0.1) is 6.26 Å². The standard InChI is InChI=1S/C18H23N3O3S/c1-15-4-3-5-17(12-15)14-21(25(2,23)24)11-8-18(22)20-13-16-6-9-19-10-7-16/h3-7,9-10,12H,8,11,13-14H2,1-2H3,(H,20,22). The molecule has 0 saturated carbocycles. The van der Waals surface area contributed by atoms with Crippen LogP contribution in [0, 0.1) is 6.92 Å². The van der Waals surface area contributed by atoms with E-state index in [0.717, 1.165) is 22.9 Å². The van der Waals surface area contributed by atoms with E-state index in [4.69, 9.17) is 0 Å². The van der Waals surface area contributed by atoms with Gasteiger partial charge >= 0.3 is 0 Å². The Bertz CT molecular complexity index is 807. The number of rotatable bonds is 8. The predicted octanol–water partition coefficient (Wildman–Crippen LogP) is 1.86. The normalized spacial score (nSPS) is 11.5. The smallest absolute Gasteiger partial charge is 0.221 e. The predicted molar refractivity (Wildman–Crippen MR) is 97.1 cm³/mol. The average molecular weight is 361 g/mol. The first kappa shape index (κ1) is 19.1. The van der Waals surface area contributed by atoms with Crippen LogP contribution in [-0.2, 0) is 27.9 Å². The van der Waals surface area contributed by atoms with E-state index in [2.05, 4.69) is 10.3 Å². The second-order valence-corrected chi connectivity index (χ2v) is 7.95. The number of hydrogen-bond donors (Lipinski definition) is 1. The number of nitrogens with one attached hydrogen (secondary N) is 1. The highest BCUT2D eigenvalue weighted by Crippen LogP contribution is 2.11. The molecule has 25 heavy (non-hydrogen) atoms. The molecular weight excluding hydrogens is 338 g/mol. The molecule has 1 N–H and O–H groups in total. The summed E-state index contributed by atoms with van der Waals surface area (Å²) in [6.45, 7) is 2.77. The summed E-state index contributed by atoms with van der Waals surface area (Å²) in [5.41, 5.74) is 2.92. The number of amides is 1. The third-order valence-corrected chi connectivity index (χ3v) is 4.99. The van der Waals surface area contributed by atoms with Crippen LogP contribution in [-0.4, -0.2) is 36.4 Å². The molecule has 0 bridgehead atoms. The van der Waals surface area contributed by atoms with E-state index in [1.807, 2.05) is 43.3 Å². The Morgan fingerprint density at radius 1 is 1.16 bits per heavy atom. The van der Waals surface area contributed by atoms with Crippen molar-refractivity contribution in [3.63, 3.8) is 0 Å². The summed E-state index contributed by atoms with van der Waals surface area (Å²) in [5, 5.41) is 2.79. The van der Waals surface area contributed by atoms with Gasteiger partial charge in [-0.2, -0.15) is 4.31 Å². The van der Waals surface area contributed by atoms with Gasteiger partial charge in [-0.05, 0) is 30.2 Å². The summed E-state index contributed by atoms with van der Waals surface area (Å²) in [5.74, 6) is -0.185. The lowest BCUT2D eigenvalue weighted by Gasteiger charge is -2.20. The topological polar surface area (TPSA) is 79.4 Å². The Kier molecular flexibility index (Phi) is 6.66. The van der Waals surface area contributed by atoms with Crippen LogP contribution < -0.4 is 5.32 Å². The van der Waals surface area contributed by atoms with Gasteiger partial charge in [-0.1, -0.05) is 29.8 Å². The summed E-state index contributed by atoms with van der Waals surface area (Å²) in [4.78, 5) is 15.9. The fraction of sp³-hybridized carbons (Fsp3) is 0.333. The molecule has 1 aromatic carbocycles. The Labute approximate surface area is 148 Å². The molecule has 1 heterocycles. The second-order valence-electron chi connectivity index (χ2n) is 5.97. The maximum atomic E-state index is 12.0. The molecule has 0 aliphatic heterocycles. The fourth-order valence-corrected chi connectivity index (χ4v) is 3.20. The quantitative estimate of drug-likeness (QED) is 0.778. The van der Waals surface area contributed by atoms with Crippen LogP contribution in [0.3, 0.4) is 0 Å². The molecule has 1 amide bonds. The maximum absolute atomic E-state index is 12.0. The Morgan fingerprint density at radius 2 is 1.88 bits per heavy atom. The molecule has 0 spiro atoms. The van der Waals surface area contributed by atoms with Crippen molar-refractivity contribution in [3.05, 3.63) is 65.5 Å². The Hall–Kier alpha value is -2.25. The largest absolute Gasteiger partial charge is 0.352 e. The minimum atomic E-state index is -3.39. The van der Waals surface area contributed by atoms with E-state index in [-0.39, 0.29) is 25.4 Å². The molecule has 0 atom stereocenters. The van der Waals surface area contributed by atoms with Gasteiger partial charge in [0, 0.05) is 38.4 Å². The van der Waals surface area contributed by atoms with Crippen molar-refractivity contribution in [3.8, 4) is 0 Å². The Morgan fingerprint density at radius 3 is 2.52 bits per heavy atom. The third-order valence-electron chi connectivity index (χ3n) is 3.74. The molecule has 2 rings (SSSR count). The molecule has 6 nitrogen and oxygen atoms in total. The number of aryl methyl sites for hydroxylation is 1. The van der Waals surface area contributed by atoms with Crippen molar-refractivity contribution >= 4 is 15.9 Å². The van der Waals surface area contributed by atoms with Crippen LogP contribution in [0.4, 0.5) is 0 Å². The van der Waals surface area contributed by atoms with Crippen molar-refractivity contribution in [1.82, 2.24) is 14.6 Å². The van der Waals surface area contributed by atoms with Gasteiger partial charge in [0.15, 0.2) is 0 Å². The average Bonchev–Trinajstić information content (AvgIpc) is 2.56. The summed E-state index contributed by atoms with van der Waals surface area (Å²) < 4.78 is 25.3. The van der Waals surface area contributed by atoms with Crippen molar-refractivity contribution in [2.45, 2.75) is 26.4 Å². The van der Waals surface area contributed by atoms with Crippen molar-refractivity contribution < 1.29 is 13.2 Å². The number of carbonyl (C=O) groups is 1. The van der Waals surface area contributed by atoms with Crippen molar-refractivity contribution in [2.75, 3.05) is 12.8 Å². The minimum Gasteiger partial charge on any atom is -0.352 e. The summed E-state index contributed by atoms with van der Waals surface area (Å²) in [6, 6.07) is 11.3. The summed E-state index contributed by atoms with van der Waals surface area (Å²) in [6.07, 6.45) is 4.60. The second kappa shape index (κ2) is 8.73. The number of benzene rings is 1. The first-order chi connectivity index (χ1) is 11.8. The number of sulfonamides is 1. The van der Waals surface area contributed by atoms with Crippen LogP contribution in [0.5, 0.6) is 0 Å². The van der Waals surface area contributed by atoms with E-state index in [0.29, 0.717) is 6.54 Å². The summed E-state index contributed by atoms with van der Waals surface area (Å²) in [7, 11) is -3.39. The molecule has 2 aromatic rings. The number of carbonyl (C=O) groups excluding carboxylic acids is 1. The third kappa shape index (κ3) is 6.64. The van der Waals surface area contributed by atoms with Crippen LogP contribution in [0.1, 0.15) is 23.1 Å². The zero-order valence-electron chi connectivity index (χ0n) is 14.5. The molecule has 0 radical (unpaired) electrons. The maximum Gasteiger partial charge on any atom is 0.221 e. The molecule has 1 aromatic heterocycles. The zero-order valence-corrected chi connectivity index (χ0v) is 15.3.